The minimum Gasteiger partial charge on any atom is -0.493 e. The van der Waals surface area contributed by atoms with Gasteiger partial charge in [-0.1, -0.05) is 142 Å². The highest BCUT2D eigenvalue weighted by Gasteiger charge is 2.58. The summed E-state index contributed by atoms with van der Waals surface area (Å²) in [6, 6.07) is 18.3. The third-order valence-corrected chi connectivity index (χ3v) is 13.4. The van der Waals surface area contributed by atoms with Gasteiger partial charge in [0.15, 0.2) is 0 Å². The molecule has 0 saturated heterocycles. The van der Waals surface area contributed by atoms with Gasteiger partial charge in [-0.25, -0.2) is 22.0 Å². The predicted molar refractivity (Wildman–Crippen MR) is 341 cm³/mol. The number of hydrogen-bond acceptors (Lipinski definition) is 7. The maximum absolute atomic E-state index is 12.7. The summed E-state index contributed by atoms with van der Waals surface area (Å²) in [6.07, 6.45) is 10.4. The van der Waals surface area contributed by atoms with Gasteiger partial charge in [0.1, 0.15) is 29.2 Å². The summed E-state index contributed by atoms with van der Waals surface area (Å²) < 4.78 is 82.8. The zero-order valence-corrected chi connectivity index (χ0v) is 56.0. The molecular weight excluding hydrogens is 1060 g/mol. The zero-order chi connectivity index (χ0) is 63.9. The number of hydrogen-bond donors (Lipinski definition) is 1. The molecule has 83 heavy (non-hydrogen) atoms. The minimum atomic E-state index is -2.52. The van der Waals surface area contributed by atoms with Crippen LogP contribution < -0.4 is 19.5 Å². The second-order valence-corrected chi connectivity index (χ2v) is 26.0. The van der Waals surface area contributed by atoms with Crippen LogP contribution in [0, 0.1) is 78.8 Å². The van der Waals surface area contributed by atoms with Gasteiger partial charge in [-0.05, 0) is 160 Å². The smallest absolute Gasteiger partial charge is 0.276 e. The summed E-state index contributed by atoms with van der Waals surface area (Å²) in [4.78, 5) is 16.5. The van der Waals surface area contributed by atoms with Crippen LogP contribution in [0.1, 0.15) is 200 Å². The average molecular weight is 1180 g/mol. The molecule has 1 heterocycles. The Morgan fingerprint density at radius 1 is 0.627 bits per heavy atom. The number of aryl methyl sites for hydroxylation is 2. The molecule has 6 rings (SSSR count). The van der Waals surface area contributed by atoms with E-state index < -0.39 is 17.9 Å². The van der Waals surface area contributed by atoms with E-state index in [1.165, 1.54) is 36.2 Å². The summed E-state index contributed by atoms with van der Waals surface area (Å²) >= 11 is 0. The van der Waals surface area contributed by atoms with Gasteiger partial charge in [0.25, 0.3) is 5.92 Å². The van der Waals surface area contributed by atoms with Crippen molar-refractivity contribution in [2.45, 2.75) is 220 Å². The maximum atomic E-state index is 12.7. The molecule has 0 aliphatic heterocycles. The van der Waals surface area contributed by atoms with Gasteiger partial charge in [0.05, 0.1) is 26.0 Å². The van der Waals surface area contributed by atoms with Crippen molar-refractivity contribution in [3.05, 3.63) is 96.2 Å². The lowest BCUT2D eigenvalue weighted by atomic mass is 9.74. The van der Waals surface area contributed by atoms with E-state index in [0.717, 1.165) is 93.2 Å². The van der Waals surface area contributed by atoms with Crippen molar-refractivity contribution >= 4 is 5.91 Å². The topological polar surface area (TPSA) is 82.2 Å². The number of amides is 1. The summed E-state index contributed by atoms with van der Waals surface area (Å²) in [5.74, 6) is 4.20. The van der Waals surface area contributed by atoms with Gasteiger partial charge in [0, 0.05) is 70.9 Å². The Labute approximate surface area is 504 Å². The number of para-hydroxylation sites is 1. The number of carbonyl (C=O) groups excluding carboxylic acids is 1. The molecular formula is C70H120F5N3O5. The number of alkyl halides is 4. The fourth-order valence-electron chi connectivity index (χ4n) is 6.99. The Morgan fingerprint density at radius 2 is 1.11 bits per heavy atom. The van der Waals surface area contributed by atoms with E-state index in [0.29, 0.717) is 54.5 Å². The number of halogens is 5. The largest absolute Gasteiger partial charge is 0.493 e. The van der Waals surface area contributed by atoms with Crippen LogP contribution in [0.15, 0.2) is 79.1 Å². The van der Waals surface area contributed by atoms with E-state index in [9.17, 15) is 26.7 Å². The maximum Gasteiger partial charge on any atom is 0.276 e. The molecule has 1 aromatic heterocycles. The molecule has 480 valence electrons. The Morgan fingerprint density at radius 3 is 1.46 bits per heavy atom. The molecule has 3 aromatic rings. The van der Waals surface area contributed by atoms with Crippen LogP contribution in [-0.4, -0.2) is 80.8 Å². The highest BCUT2D eigenvalue weighted by molar-refractivity contribution is 5.72. The molecule has 3 aliphatic carbocycles. The van der Waals surface area contributed by atoms with Crippen molar-refractivity contribution in [2.24, 2.45) is 59.2 Å². The van der Waals surface area contributed by atoms with E-state index in [1.807, 2.05) is 65.2 Å². The lowest BCUT2D eigenvalue weighted by Gasteiger charge is -2.37. The summed E-state index contributed by atoms with van der Waals surface area (Å²) in [5.41, 5.74) is 3.45. The van der Waals surface area contributed by atoms with Gasteiger partial charge in [0.2, 0.25) is 11.8 Å². The second-order valence-electron chi connectivity index (χ2n) is 26.0. The zero-order valence-electron chi connectivity index (χ0n) is 56.0. The van der Waals surface area contributed by atoms with Crippen molar-refractivity contribution in [1.29, 1.82) is 0 Å². The van der Waals surface area contributed by atoms with Crippen LogP contribution in [0.25, 0.3) is 0 Å². The molecule has 1 amide bonds. The van der Waals surface area contributed by atoms with Gasteiger partial charge < -0.3 is 29.2 Å². The van der Waals surface area contributed by atoms with Crippen LogP contribution in [0.2, 0.25) is 0 Å². The van der Waals surface area contributed by atoms with E-state index in [1.54, 1.807) is 25.3 Å². The van der Waals surface area contributed by atoms with Crippen LogP contribution in [-0.2, 0) is 9.53 Å². The van der Waals surface area contributed by atoms with Crippen LogP contribution in [0.3, 0.4) is 0 Å². The molecule has 3 saturated carbocycles. The number of pyridine rings is 1. The Bertz CT molecular complexity index is 2060. The first-order valence-electron chi connectivity index (χ1n) is 31.2. The molecule has 3 aliphatic rings. The van der Waals surface area contributed by atoms with Crippen molar-refractivity contribution in [3.8, 4) is 17.2 Å². The van der Waals surface area contributed by atoms with Crippen molar-refractivity contribution in [2.75, 3.05) is 47.1 Å². The molecule has 1 unspecified atom stereocenters. The molecule has 8 nitrogen and oxygen atoms in total. The normalized spacial score (nSPS) is 15.2. The van der Waals surface area contributed by atoms with Crippen LogP contribution >= 0.6 is 0 Å². The number of rotatable bonds is 24. The molecule has 0 radical (unpaired) electrons. The molecule has 3 fully saturated rings. The van der Waals surface area contributed by atoms with Gasteiger partial charge in [-0.2, -0.15) is 0 Å². The van der Waals surface area contributed by atoms with E-state index >= 15 is 0 Å². The van der Waals surface area contributed by atoms with Gasteiger partial charge in [-0.3, -0.25) is 9.78 Å². The molecule has 13 heteroatoms. The Hall–Kier alpha value is -4.39. The van der Waals surface area contributed by atoms with Gasteiger partial charge >= 0.3 is 0 Å². The number of nitrogens with zero attached hydrogens (tertiary/aromatic N) is 2. The van der Waals surface area contributed by atoms with E-state index in [2.05, 4.69) is 132 Å². The molecule has 1 N–H and O–H groups in total. The molecule has 2 aromatic carbocycles. The second kappa shape index (κ2) is 45.0. The number of aromatic nitrogens is 1. The van der Waals surface area contributed by atoms with Crippen molar-refractivity contribution < 1.29 is 45.7 Å². The Kier molecular flexibility index (Phi) is 43.7. The number of carbonyl (C=O) groups is 1. The molecule has 0 spiro atoms. The first-order chi connectivity index (χ1) is 38.6. The van der Waals surface area contributed by atoms with Gasteiger partial charge in [-0.15, -0.1) is 0 Å². The standard InChI is InChI=1S/C12H18O.C11H15FO.C11H17NO.C8H14F2O.C8H17N.C7H12F2.C7H15NO.C6H12/c1-10(2)8-9-13-12-7-5-4-6-11(12)3;1-9(2)6-7-13-11-5-3-4-10(12)8-11;1-9(2)6-7-13-11-5-4-10(3)12-8-11;1-6(2)3-4-11-7-5-8(7,9)10;1-7(2)6-8(3)9(4)5;1-5(2)6-3-7(8,9)4-6;1-6(2)4-5-8-7(3)9;1-5(2)6-3-4-6/h4-7,10H,8-9H2,1-3H3;3-5,8-9H,6-7H2,1-2H3;4-5,8-9H,6-7H2,1-3H3;6-7H,3-5H2,1-2H3;7H,3,6H2,1-2,4-5H3;5-6H,3-4H2,1-2H3;6H,4-5H2,1-3H3,(H,8,9);5-6H,3-4H2,1-2H3. The predicted octanol–water partition coefficient (Wildman–Crippen LogP) is 20.0. The van der Waals surface area contributed by atoms with Crippen molar-refractivity contribution in [3.63, 3.8) is 0 Å². The number of allylic oxidation sites excluding steroid dienone is 1. The van der Waals surface area contributed by atoms with Crippen LogP contribution in [0.4, 0.5) is 22.0 Å². The lowest BCUT2D eigenvalue weighted by Crippen LogP contribution is -2.37. The minimum absolute atomic E-state index is 0.0654. The van der Waals surface area contributed by atoms with E-state index in [-0.39, 0.29) is 36.9 Å². The van der Waals surface area contributed by atoms with Crippen molar-refractivity contribution in [1.82, 2.24) is 15.2 Å². The summed E-state index contributed by atoms with van der Waals surface area (Å²) in [6.45, 7) is 47.5. The SMILES string of the molecule is C=C(CC(C)C)N(C)C.CC(=O)NCCC(C)C.CC(C)C1CC(F)(F)C1.CC(C)C1CC1.CC(C)CCOC1CC1(F)F.CC(C)CCOc1cccc(F)c1.Cc1ccc(OCCC(C)C)cn1.Cc1ccccc1OCCC(C)C. The Balaban J connectivity index is 0. The summed E-state index contributed by atoms with van der Waals surface area (Å²) in [5, 5.41) is 2.74. The summed E-state index contributed by atoms with van der Waals surface area (Å²) in [7, 11) is 4.06. The quantitative estimate of drug-likeness (QED) is 0.0895. The molecule has 0 bridgehead atoms. The number of nitrogens with one attached hydrogen (secondary N) is 1. The van der Waals surface area contributed by atoms with E-state index in [4.69, 9.17) is 18.9 Å². The fourth-order valence-corrected chi connectivity index (χ4v) is 6.99. The molecule has 1 atom stereocenters. The monoisotopic (exact) mass is 1180 g/mol. The third kappa shape index (κ3) is 49.6. The van der Waals surface area contributed by atoms with Crippen LogP contribution in [0.5, 0.6) is 17.2 Å². The first kappa shape index (κ1) is 80.7. The fraction of sp³-hybridized carbons (Fsp3) is 0.714. The number of ether oxygens (including phenoxy) is 4. The third-order valence-electron chi connectivity index (χ3n) is 13.4. The number of benzene rings is 2. The average Bonchev–Trinajstić information content (AvgIpc) is 4.51. The highest BCUT2D eigenvalue weighted by atomic mass is 19.3. The first-order valence-corrected chi connectivity index (χ1v) is 31.2. The lowest BCUT2D eigenvalue weighted by molar-refractivity contribution is -0.122. The highest BCUT2D eigenvalue weighted by Crippen LogP contribution is 2.46.